The molecular formula is C23H47NO3. The zero-order valence-electron chi connectivity index (χ0n) is 18.4. The van der Waals surface area contributed by atoms with Crippen LogP contribution in [0.25, 0.3) is 0 Å². The molecule has 0 aliphatic carbocycles. The molecule has 0 amide bonds. The summed E-state index contributed by atoms with van der Waals surface area (Å²) in [4.78, 5) is 13.4. The standard InChI is InChI=1S/C23H47NO3/c1-3-4-5-6-7-8-9-10-11-12-13-14-15-16-17-19-23(26)27-21-18-20-24(2)22-25/h25H,3-22H2,1-2H3. The van der Waals surface area contributed by atoms with Crippen LogP contribution in [0.15, 0.2) is 0 Å². The molecule has 0 spiro atoms. The lowest BCUT2D eigenvalue weighted by Crippen LogP contribution is -2.22. The van der Waals surface area contributed by atoms with E-state index in [9.17, 15) is 4.79 Å². The van der Waals surface area contributed by atoms with Crippen LogP contribution in [0.5, 0.6) is 0 Å². The van der Waals surface area contributed by atoms with Crippen LogP contribution in [0, 0.1) is 0 Å². The largest absolute Gasteiger partial charge is 0.466 e. The van der Waals surface area contributed by atoms with E-state index in [1.54, 1.807) is 4.90 Å². The Morgan fingerprint density at radius 1 is 0.741 bits per heavy atom. The quantitative estimate of drug-likeness (QED) is 0.148. The summed E-state index contributed by atoms with van der Waals surface area (Å²) in [6.07, 6.45) is 21.4. The maximum atomic E-state index is 11.6. The van der Waals surface area contributed by atoms with E-state index in [-0.39, 0.29) is 12.7 Å². The van der Waals surface area contributed by atoms with E-state index in [2.05, 4.69) is 6.92 Å². The molecule has 0 atom stereocenters. The minimum Gasteiger partial charge on any atom is -0.466 e. The molecular weight excluding hydrogens is 338 g/mol. The second-order valence-electron chi connectivity index (χ2n) is 7.99. The van der Waals surface area contributed by atoms with Gasteiger partial charge < -0.3 is 9.84 Å². The molecule has 0 rings (SSSR count). The van der Waals surface area contributed by atoms with Gasteiger partial charge in [-0.05, 0) is 19.9 Å². The highest BCUT2D eigenvalue weighted by Crippen LogP contribution is 2.13. The van der Waals surface area contributed by atoms with Gasteiger partial charge >= 0.3 is 5.97 Å². The van der Waals surface area contributed by atoms with Gasteiger partial charge in [0.2, 0.25) is 0 Å². The summed E-state index contributed by atoms with van der Waals surface area (Å²) in [5, 5.41) is 8.86. The van der Waals surface area contributed by atoms with E-state index in [0.29, 0.717) is 13.0 Å². The molecule has 0 aromatic heterocycles. The Bertz CT molecular complexity index is 310. The lowest BCUT2D eigenvalue weighted by Gasteiger charge is -2.12. The zero-order chi connectivity index (χ0) is 20.0. The van der Waals surface area contributed by atoms with Crippen LogP contribution in [0.4, 0.5) is 0 Å². The fraction of sp³-hybridized carbons (Fsp3) is 0.957. The highest BCUT2D eigenvalue weighted by molar-refractivity contribution is 5.69. The third kappa shape index (κ3) is 21.5. The van der Waals surface area contributed by atoms with Gasteiger partial charge in [0.15, 0.2) is 0 Å². The van der Waals surface area contributed by atoms with Gasteiger partial charge in [-0.15, -0.1) is 0 Å². The SMILES string of the molecule is CCCCCCCCCCCCCCCCCC(=O)OCCCN(C)CO. The monoisotopic (exact) mass is 385 g/mol. The minimum atomic E-state index is -0.0728. The molecule has 162 valence electrons. The number of ether oxygens (including phenoxy) is 1. The molecule has 0 heterocycles. The van der Waals surface area contributed by atoms with Crippen molar-refractivity contribution in [3.63, 3.8) is 0 Å². The molecule has 0 aromatic rings. The number of aliphatic hydroxyl groups is 1. The van der Waals surface area contributed by atoms with E-state index >= 15 is 0 Å². The van der Waals surface area contributed by atoms with Crippen molar-refractivity contribution in [3.8, 4) is 0 Å². The first-order chi connectivity index (χ1) is 13.2. The van der Waals surface area contributed by atoms with Crippen molar-refractivity contribution < 1.29 is 14.6 Å². The molecule has 0 radical (unpaired) electrons. The lowest BCUT2D eigenvalue weighted by atomic mass is 10.0. The Kier molecular flexibility index (Phi) is 21.2. The second-order valence-corrected chi connectivity index (χ2v) is 7.99. The van der Waals surface area contributed by atoms with E-state index in [0.717, 1.165) is 25.8 Å². The smallest absolute Gasteiger partial charge is 0.305 e. The summed E-state index contributed by atoms with van der Waals surface area (Å²) in [5.74, 6) is -0.0728. The van der Waals surface area contributed by atoms with Crippen LogP contribution in [-0.4, -0.2) is 42.9 Å². The first-order valence-corrected chi connectivity index (χ1v) is 11.7. The topological polar surface area (TPSA) is 49.8 Å². The highest BCUT2D eigenvalue weighted by Gasteiger charge is 2.03. The Hall–Kier alpha value is -0.610. The molecule has 0 saturated heterocycles. The molecule has 0 aliphatic heterocycles. The van der Waals surface area contributed by atoms with Gasteiger partial charge in [-0.3, -0.25) is 9.69 Å². The predicted octanol–water partition coefficient (Wildman–Crippen LogP) is 6.06. The van der Waals surface area contributed by atoms with Gasteiger partial charge in [0, 0.05) is 13.0 Å². The van der Waals surface area contributed by atoms with Crippen molar-refractivity contribution >= 4 is 5.97 Å². The van der Waals surface area contributed by atoms with Crippen LogP contribution in [-0.2, 0) is 9.53 Å². The van der Waals surface area contributed by atoms with Gasteiger partial charge in [-0.25, -0.2) is 0 Å². The number of carbonyl (C=O) groups excluding carboxylic acids is 1. The van der Waals surface area contributed by atoms with E-state index < -0.39 is 0 Å². The fourth-order valence-electron chi connectivity index (χ4n) is 3.30. The van der Waals surface area contributed by atoms with Crippen molar-refractivity contribution in [1.82, 2.24) is 4.90 Å². The number of aliphatic hydroxyl groups excluding tert-OH is 1. The molecule has 4 nitrogen and oxygen atoms in total. The number of carbonyl (C=O) groups is 1. The molecule has 1 N–H and O–H groups in total. The first-order valence-electron chi connectivity index (χ1n) is 11.7. The third-order valence-electron chi connectivity index (χ3n) is 5.17. The van der Waals surface area contributed by atoms with Crippen LogP contribution >= 0.6 is 0 Å². The average molecular weight is 386 g/mol. The van der Waals surface area contributed by atoms with Gasteiger partial charge in [-0.2, -0.15) is 0 Å². The second kappa shape index (κ2) is 21.7. The molecule has 0 aromatic carbocycles. The maximum Gasteiger partial charge on any atom is 0.305 e. The normalized spacial score (nSPS) is 11.3. The van der Waals surface area contributed by atoms with Crippen molar-refractivity contribution in [3.05, 3.63) is 0 Å². The Morgan fingerprint density at radius 2 is 1.19 bits per heavy atom. The number of unbranched alkanes of at least 4 members (excludes halogenated alkanes) is 14. The number of rotatable bonds is 21. The van der Waals surface area contributed by atoms with E-state index in [4.69, 9.17) is 9.84 Å². The maximum absolute atomic E-state index is 11.6. The van der Waals surface area contributed by atoms with Crippen LogP contribution in [0.2, 0.25) is 0 Å². The number of hydrogen-bond acceptors (Lipinski definition) is 4. The summed E-state index contributed by atoms with van der Waals surface area (Å²) in [7, 11) is 1.84. The summed E-state index contributed by atoms with van der Waals surface area (Å²) >= 11 is 0. The molecule has 0 unspecified atom stereocenters. The van der Waals surface area contributed by atoms with Crippen molar-refractivity contribution in [1.29, 1.82) is 0 Å². The third-order valence-corrected chi connectivity index (χ3v) is 5.17. The van der Waals surface area contributed by atoms with Crippen LogP contribution in [0.3, 0.4) is 0 Å². The molecule has 0 aliphatic rings. The molecule has 27 heavy (non-hydrogen) atoms. The zero-order valence-corrected chi connectivity index (χ0v) is 18.4. The van der Waals surface area contributed by atoms with Gasteiger partial charge in [-0.1, -0.05) is 96.8 Å². The number of esters is 1. The number of hydrogen-bond donors (Lipinski definition) is 1. The molecule has 0 saturated carbocycles. The molecule has 0 fully saturated rings. The van der Waals surface area contributed by atoms with Gasteiger partial charge in [0.25, 0.3) is 0 Å². The predicted molar refractivity (Wildman–Crippen MR) is 115 cm³/mol. The Balaban J connectivity index is 3.14. The number of nitrogens with zero attached hydrogens (tertiary/aromatic N) is 1. The fourth-order valence-corrected chi connectivity index (χ4v) is 3.30. The Labute approximate surface area is 169 Å². The van der Waals surface area contributed by atoms with E-state index in [1.165, 1.54) is 83.5 Å². The molecule has 4 heteroatoms. The van der Waals surface area contributed by atoms with Crippen molar-refractivity contribution in [2.75, 3.05) is 26.9 Å². The van der Waals surface area contributed by atoms with Crippen LogP contribution in [0.1, 0.15) is 116 Å². The first kappa shape index (κ1) is 26.4. The molecule has 0 bridgehead atoms. The lowest BCUT2D eigenvalue weighted by molar-refractivity contribution is -0.144. The minimum absolute atomic E-state index is 0.0487. The summed E-state index contributed by atoms with van der Waals surface area (Å²) in [5.41, 5.74) is 0. The summed E-state index contributed by atoms with van der Waals surface area (Å²) in [6, 6.07) is 0. The van der Waals surface area contributed by atoms with Gasteiger partial charge in [0.05, 0.1) is 13.3 Å². The van der Waals surface area contributed by atoms with Gasteiger partial charge in [0.1, 0.15) is 0 Å². The summed E-state index contributed by atoms with van der Waals surface area (Å²) in [6.45, 7) is 3.54. The van der Waals surface area contributed by atoms with Crippen LogP contribution < -0.4 is 0 Å². The van der Waals surface area contributed by atoms with Crippen molar-refractivity contribution in [2.45, 2.75) is 116 Å². The summed E-state index contributed by atoms with van der Waals surface area (Å²) < 4.78 is 5.21. The van der Waals surface area contributed by atoms with E-state index in [1.807, 2.05) is 7.05 Å². The highest BCUT2D eigenvalue weighted by atomic mass is 16.5. The Morgan fingerprint density at radius 3 is 1.63 bits per heavy atom. The average Bonchev–Trinajstić information content (AvgIpc) is 2.68. The van der Waals surface area contributed by atoms with Crippen molar-refractivity contribution in [2.24, 2.45) is 0 Å².